The molecule has 0 saturated heterocycles. The number of carbonyl (C=O) groups is 1. The van der Waals surface area contributed by atoms with E-state index in [-0.39, 0.29) is 18.6 Å². The molecule has 0 aliphatic heterocycles. The zero-order chi connectivity index (χ0) is 15.5. The lowest BCUT2D eigenvalue weighted by atomic mass is 10.1. The number of carbonyl (C=O) groups excluding carboxylic acids is 1. The van der Waals surface area contributed by atoms with E-state index in [1.807, 2.05) is 6.92 Å². The van der Waals surface area contributed by atoms with Gasteiger partial charge < -0.3 is 10.4 Å². The first-order valence-electron chi connectivity index (χ1n) is 7.53. The Hall–Kier alpha value is -1.86. The molecule has 1 aromatic rings. The zero-order valence-electron chi connectivity index (χ0n) is 12.9. The van der Waals surface area contributed by atoms with Gasteiger partial charge >= 0.3 is 0 Å². The van der Waals surface area contributed by atoms with Crippen LogP contribution in [0.4, 0.5) is 0 Å². The molecule has 1 unspecified atom stereocenters. The molecule has 0 aromatic carbocycles. The molecular weight excluding hydrogens is 264 g/mol. The Morgan fingerprint density at radius 2 is 2.24 bits per heavy atom. The maximum atomic E-state index is 12.3. The van der Waals surface area contributed by atoms with Crippen LogP contribution in [-0.4, -0.2) is 28.6 Å². The van der Waals surface area contributed by atoms with Crippen molar-refractivity contribution in [3.63, 3.8) is 0 Å². The minimum atomic E-state index is -0.232. The van der Waals surface area contributed by atoms with Crippen LogP contribution in [0.1, 0.15) is 61.9 Å². The van der Waals surface area contributed by atoms with Gasteiger partial charge in [-0.2, -0.15) is 0 Å². The number of nitrogens with zero attached hydrogens (tertiary/aromatic N) is 1. The number of amides is 1. The van der Waals surface area contributed by atoms with Crippen LogP contribution < -0.4 is 5.32 Å². The minimum Gasteiger partial charge on any atom is -0.384 e. The predicted octanol–water partition coefficient (Wildman–Crippen LogP) is 2.51. The lowest BCUT2D eigenvalue weighted by Crippen LogP contribution is -2.33. The topological polar surface area (TPSA) is 62.2 Å². The second-order valence-corrected chi connectivity index (χ2v) is 5.10. The smallest absolute Gasteiger partial charge is 0.252 e. The molecule has 2 N–H and O–H groups in total. The lowest BCUT2D eigenvalue weighted by Gasteiger charge is -2.14. The Balaban J connectivity index is 2.59. The molecule has 0 aliphatic carbocycles. The van der Waals surface area contributed by atoms with E-state index in [0.29, 0.717) is 11.1 Å². The van der Waals surface area contributed by atoms with Crippen molar-refractivity contribution in [1.29, 1.82) is 0 Å². The summed E-state index contributed by atoms with van der Waals surface area (Å²) < 4.78 is 0. The minimum absolute atomic E-state index is 0.136. The van der Waals surface area contributed by atoms with Gasteiger partial charge in [0.1, 0.15) is 6.61 Å². The molecule has 114 valence electrons. The largest absolute Gasteiger partial charge is 0.384 e. The highest BCUT2D eigenvalue weighted by Crippen LogP contribution is 2.08. The third-order valence-electron chi connectivity index (χ3n) is 3.24. The number of hydrogen-bond acceptors (Lipinski definition) is 3. The van der Waals surface area contributed by atoms with E-state index in [4.69, 9.17) is 5.11 Å². The van der Waals surface area contributed by atoms with Crippen molar-refractivity contribution in [2.45, 2.75) is 52.0 Å². The summed E-state index contributed by atoms with van der Waals surface area (Å²) in [5.74, 6) is 5.16. The number of pyridine rings is 1. The SMILES string of the molecule is CCCCCCC(C)NC(=O)c1ccncc1C#CCO. The number of aromatic nitrogens is 1. The highest BCUT2D eigenvalue weighted by Gasteiger charge is 2.12. The summed E-state index contributed by atoms with van der Waals surface area (Å²) in [7, 11) is 0. The maximum absolute atomic E-state index is 12.3. The lowest BCUT2D eigenvalue weighted by molar-refractivity contribution is 0.0937. The van der Waals surface area contributed by atoms with Gasteiger partial charge in [0.05, 0.1) is 11.1 Å². The highest BCUT2D eigenvalue weighted by molar-refractivity contribution is 5.96. The summed E-state index contributed by atoms with van der Waals surface area (Å²) in [6, 6.07) is 1.79. The fourth-order valence-electron chi connectivity index (χ4n) is 2.08. The zero-order valence-corrected chi connectivity index (χ0v) is 12.9. The molecule has 0 saturated carbocycles. The molecule has 4 heteroatoms. The van der Waals surface area contributed by atoms with Crippen LogP contribution in [0.5, 0.6) is 0 Å². The van der Waals surface area contributed by atoms with Crippen LogP contribution >= 0.6 is 0 Å². The number of hydrogen-bond donors (Lipinski definition) is 2. The summed E-state index contributed by atoms with van der Waals surface area (Å²) in [4.78, 5) is 16.2. The summed E-state index contributed by atoms with van der Waals surface area (Å²) in [5, 5.41) is 11.7. The van der Waals surface area contributed by atoms with Crippen molar-refractivity contribution in [1.82, 2.24) is 10.3 Å². The summed E-state index contributed by atoms with van der Waals surface area (Å²) >= 11 is 0. The van der Waals surface area contributed by atoms with E-state index in [2.05, 4.69) is 29.1 Å². The van der Waals surface area contributed by atoms with Gasteiger partial charge in [-0.1, -0.05) is 44.4 Å². The number of unbranched alkanes of at least 4 members (excludes halogenated alkanes) is 3. The van der Waals surface area contributed by atoms with E-state index in [9.17, 15) is 4.79 Å². The van der Waals surface area contributed by atoms with E-state index in [1.165, 1.54) is 19.3 Å². The normalized spacial score (nSPS) is 11.4. The maximum Gasteiger partial charge on any atom is 0.252 e. The van der Waals surface area contributed by atoms with Crippen LogP contribution in [0.15, 0.2) is 18.5 Å². The molecule has 21 heavy (non-hydrogen) atoms. The first-order chi connectivity index (χ1) is 10.2. The molecule has 1 atom stereocenters. The standard InChI is InChI=1S/C17H24N2O2/c1-3-4-5-6-8-14(2)19-17(21)16-10-11-18-13-15(16)9-7-12-20/h10-11,13-14,20H,3-6,8,12H2,1-2H3,(H,19,21). The van der Waals surface area contributed by atoms with Gasteiger partial charge in [0.15, 0.2) is 0 Å². The van der Waals surface area contributed by atoms with E-state index >= 15 is 0 Å². The first kappa shape index (κ1) is 17.2. The van der Waals surface area contributed by atoms with Gasteiger partial charge in [0, 0.05) is 18.4 Å². The van der Waals surface area contributed by atoms with Crippen molar-refractivity contribution < 1.29 is 9.90 Å². The molecular formula is C17H24N2O2. The molecule has 1 aromatic heterocycles. The van der Waals surface area contributed by atoms with Gasteiger partial charge in [-0.25, -0.2) is 0 Å². The van der Waals surface area contributed by atoms with Gasteiger partial charge in [-0.15, -0.1) is 0 Å². The fourth-order valence-corrected chi connectivity index (χ4v) is 2.08. The number of rotatable bonds is 7. The molecule has 0 bridgehead atoms. The van der Waals surface area contributed by atoms with Crippen LogP contribution in [-0.2, 0) is 0 Å². The summed E-state index contributed by atoms with van der Waals surface area (Å²) in [6.07, 6.45) is 8.89. The Morgan fingerprint density at radius 1 is 1.43 bits per heavy atom. The summed E-state index contributed by atoms with van der Waals surface area (Å²) in [6.45, 7) is 3.97. The fraction of sp³-hybridized carbons (Fsp3) is 0.529. The molecule has 1 amide bonds. The Labute approximate surface area is 127 Å². The Bertz CT molecular complexity index is 503. The van der Waals surface area contributed by atoms with Crippen molar-refractivity contribution in [2.75, 3.05) is 6.61 Å². The van der Waals surface area contributed by atoms with Crippen LogP contribution in [0.3, 0.4) is 0 Å². The van der Waals surface area contributed by atoms with Gasteiger partial charge in [0.2, 0.25) is 0 Å². The van der Waals surface area contributed by atoms with Gasteiger partial charge in [-0.05, 0) is 19.4 Å². The van der Waals surface area contributed by atoms with Crippen molar-refractivity contribution in [2.24, 2.45) is 0 Å². The highest BCUT2D eigenvalue weighted by atomic mass is 16.2. The molecule has 1 rings (SSSR count). The van der Waals surface area contributed by atoms with Crippen molar-refractivity contribution >= 4 is 5.91 Å². The average molecular weight is 288 g/mol. The van der Waals surface area contributed by atoms with Gasteiger partial charge in [-0.3, -0.25) is 9.78 Å². The summed E-state index contributed by atoms with van der Waals surface area (Å²) in [5.41, 5.74) is 1.05. The third kappa shape index (κ3) is 6.42. The first-order valence-corrected chi connectivity index (χ1v) is 7.53. The molecule has 0 aliphatic rings. The number of aliphatic hydroxyl groups is 1. The molecule has 0 fully saturated rings. The second kappa shape index (κ2) is 9.95. The molecule has 1 heterocycles. The monoisotopic (exact) mass is 288 g/mol. The quantitative estimate of drug-likeness (QED) is 0.598. The number of aliphatic hydroxyl groups excluding tert-OH is 1. The molecule has 0 radical (unpaired) electrons. The van der Waals surface area contributed by atoms with Crippen LogP contribution in [0.2, 0.25) is 0 Å². The van der Waals surface area contributed by atoms with Crippen LogP contribution in [0.25, 0.3) is 0 Å². The van der Waals surface area contributed by atoms with Crippen molar-refractivity contribution in [3.05, 3.63) is 29.6 Å². The molecule has 4 nitrogen and oxygen atoms in total. The van der Waals surface area contributed by atoms with E-state index in [0.717, 1.165) is 12.8 Å². The van der Waals surface area contributed by atoms with E-state index < -0.39 is 0 Å². The second-order valence-electron chi connectivity index (χ2n) is 5.10. The number of nitrogens with one attached hydrogen (secondary N) is 1. The molecule has 0 spiro atoms. The van der Waals surface area contributed by atoms with Crippen LogP contribution in [0, 0.1) is 11.8 Å². The van der Waals surface area contributed by atoms with Gasteiger partial charge in [0.25, 0.3) is 5.91 Å². The van der Waals surface area contributed by atoms with E-state index in [1.54, 1.807) is 18.5 Å². The van der Waals surface area contributed by atoms with Crippen molar-refractivity contribution in [3.8, 4) is 11.8 Å². The Kier molecular flexibility index (Phi) is 8.15. The third-order valence-corrected chi connectivity index (χ3v) is 3.24. The Morgan fingerprint density at radius 3 is 2.95 bits per heavy atom. The average Bonchev–Trinajstić information content (AvgIpc) is 2.49. The predicted molar refractivity (Wildman–Crippen MR) is 83.9 cm³/mol.